The van der Waals surface area contributed by atoms with Crippen molar-refractivity contribution in [1.82, 2.24) is 4.98 Å². The van der Waals surface area contributed by atoms with Crippen molar-refractivity contribution >= 4 is 17.4 Å². The van der Waals surface area contributed by atoms with E-state index in [0.29, 0.717) is 5.15 Å². The molecule has 1 aromatic heterocycles. The van der Waals surface area contributed by atoms with Gasteiger partial charge in [-0.15, -0.1) is 0 Å². The Hall–Kier alpha value is -0.760. The molecule has 2 nitrogen and oxygen atoms in total. The molecule has 0 bridgehead atoms. The van der Waals surface area contributed by atoms with Crippen LogP contribution < -0.4 is 4.90 Å². The maximum Gasteiger partial charge on any atom is 0.131 e. The Kier molecular flexibility index (Phi) is 3.24. The van der Waals surface area contributed by atoms with Crippen LogP contribution in [0, 0.1) is 11.8 Å². The molecule has 2 atom stereocenters. The van der Waals surface area contributed by atoms with Crippen molar-refractivity contribution in [1.29, 1.82) is 0 Å². The maximum absolute atomic E-state index is 5.96. The summed E-state index contributed by atoms with van der Waals surface area (Å²) in [7, 11) is 0. The molecule has 0 N–H and O–H groups in total. The van der Waals surface area contributed by atoms with Crippen LogP contribution in [0.5, 0.6) is 0 Å². The molecule has 1 saturated heterocycles. The van der Waals surface area contributed by atoms with Crippen LogP contribution in [0.3, 0.4) is 0 Å². The fourth-order valence-electron chi connectivity index (χ4n) is 3.38. The zero-order valence-electron chi connectivity index (χ0n) is 10.1. The SMILES string of the molecule is Clc1cccc(N2CCC3CCCCC3C2)n1. The van der Waals surface area contributed by atoms with Crippen LogP contribution in [0.4, 0.5) is 5.82 Å². The number of hydrogen-bond donors (Lipinski definition) is 0. The lowest BCUT2D eigenvalue weighted by Crippen LogP contribution is -2.42. The van der Waals surface area contributed by atoms with Crippen molar-refractivity contribution < 1.29 is 0 Å². The van der Waals surface area contributed by atoms with Gasteiger partial charge in [-0.05, 0) is 36.8 Å². The third-order valence-corrected chi connectivity index (χ3v) is 4.53. The van der Waals surface area contributed by atoms with Gasteiger partial charge in [0.2, 0.25) is 0 Å². The lowest BCUT2D eigenvalue weighted by molar-refractivity contribution is 0.202. The molecule has 2 aliphatic rings. The molecule has 17 heavy (non-hydrogen) atoms. The first-order chi connectivity index (χ1) is 8.33. The smallest absolute Gasteiger partial charge is 0.131 e. The van der Waals surface area contributed by atoms with E-state index in [1.54, 1.807) is 0 Å². The normalized spacial score (nSPS) is 28.9. The highest BCUT2D eigenvalue weighted by Crippen LogP contribution is 2.37. The van der Waals surface area contributed by atoms with Crippen LogP contribution in [0.25, 0.3) is 0 Å². The topological polar surface area (TPSA) is 16.1 Å². The van der Waals surface area contributed by atoms with E-state index in [9.17, 15) is 0 Å². The van der Waals surface area contributed by atoms with Crippen LogP contribution in [0.2, 0.25) is 5.15 Å². The van der Waals surface area contributed by atoms with E-state index in [1.807, 2.05) is 12.1 Å². The van der Waals surface area contributed by atoms with E-state index in [0.717, 1.165) is 24.2 Å². The number of halogens is 1. The molecule has 3 rings (SSSR count). The predicted molar refractivity (Wildman–Crippen MR) is 71.5 cm³/mol. The third-order valence-electron chi connectivity index (χ3n) is 4.32. The first-order valence-electron chi connectivity index (χ1n) is 6.70. The quantitative estimate of drug-likeness (QED) is 0.706. The zero-order valence-corrected chi connectivity index (χ0v) is 10.9. The fourth-order valence-corrected chi connectivity index (χ4v) is 3.54. The van der Waals surface area contributed by atoms with Gasteiger partial charge < -0.3 is 4.90 Å². The second-order valence-electron chi connectivity index (χ2n) is 5.36. The Balaban J connectivity index is 1.73. The number of aromatic nitrogens is 1. The summed E-state index contributed by atoms with van der Waals surface area (Å²) in [5.41, 5.74) is 0. The summed E-state index contributed by atoms with van der Waals surface area (Å²) < 4.78 is 0. The van der Waals surface area contributed by atoms with Crippen LogP contribution in [-0.4, -0.2) is 18.1 Å². The lowest BCUT2D eigenvalue weighted by Gasteiger charge is -2.41. The molecule has 2 fully saturated rings. The molecule has 0 aromatic carbocycles. The highest BCUT2D eigenvalue weighted by atomic mass is 35.5. The summed E-state index contributed by atoms with van der Waals surface area (Å²) in [6.45, 7) is 2.33. The van der Waals surface area contributed by atoms with Gasteiger partial charge in [-0.3, -0.25) is 0 Å². The number of nitrogens with zero attached hydrogens (tertiary/aromatic N) is 2. The molecule has 1 aliphatic heterocycles. The van der Waals surface area contributed by atoms with Gasteiger partial charge in [0.25, 0.3) is 0 Å². The van der Waals surface area contributed by atoms with E-state index < -0.39 is 0 Å². The Morgan fingerprint density at radius 2 is 1.94 bits per heavy atom. The Morgan fingerprint density at radius 1 is 1.12 bits per heavy atom. The number of piperidine rings is 1. The highest BCUT2D eigenvalue weighted by Gasteiger charge is 2.31. The van der Waals surface area contributed by atoms with E-state index >= 15 is 0 Å². The minimum absolute atomic E-state index is 0.605. The third kappa shape index (κ3) is 2.42. The molecule has 1 aromatic rings. The van der Waals surface area contributed by atoms with Crippen LogP contribution in [0.15, 0.2) is 18.2 Å². The van der Waals surface area contributed by atoms with Crippen LogP contribution >= 0.6 is 11.6 Å². The van der Waals surface area contributed by atoms with E-state index in [1.165, 1.54) is 38.6 Å². The zero-order chi connectivity index (χ0) is 11.7. The van der Waals surface area contributed by atoms with Crippen molar-refractivity contribution in [2.75, 3.05) is 18.0 Å². The van der Waals surface area contributed by atoms with E-state index in [4.69, 9.17) is 11.6 Å². The summed E-state index contributed by atoms with van der Waals surface area (Å²) >= 11 is 5.96. The number of pyridine rings is 1. The summed E-state index contributed by atoms with van der Waals surface area (Å²) in [4.78, 5) is 6.84. The monoisotopic (exact) mass is 250 g/mol. The average molecular weight is 251 g/mol. The molecule has 0 spiro atoms. The van der Waals surface area contributed by atoms with Gasteiger partial charge >= 0.3 is 0 Å². The Morgan fingerprint density at radius 3 is 2.76 bits per heavy atom. The summed E-state index contributed by atoms with van der Waals surface area (Å²) in [5, 5.41) is 0.605. The molecular formula is C14H19ClN2. The van der Waals surface area contributed by atoms with Gasteiger partial charge in [-0.1, -0.05) is 36.9 Å². The molecule has 2 heterocycles. The first kappa shape index (κ1) is 11.3. The summed E-state index contributed by atoms with van der Waals surface area (Å²) in [5.74, 6) is 2.92. The molecule has 92 valence electrons. The van der Waals surface area contributed by atoms with E-state index in [2.05, 4.69) is 16.0 Å². The van der Waals surface area contributed by atoms with Crippen molar-refractivity contribution in [2.24, 2.45) is 11.8 Å². The Labute approximate surface area is 108 Å². The second-order valence-corrected chi connectivity index (χ2v) is 5.75. The van der Waals surface area contributed by atoms with Gasteiger partial charge in [-0.25, -0.2) is 4.98 Å². The minimum atomic E-state index is 0.605. The van der Waals surface area contributed by atoms with Gasteiger partial charge in [0.15, 0.2) is 0 Å². The molecule has 2 unspecified atom stereocenters. The molecule has 0 radical (unpaired) electrons. The van der Waals surface area contributed by atoms with Crippen LogP contribution in [-0.2, 0) is 0 Å². The highest BCUT2D eigenvalue weighted by molar-refractivity contribution is 6.29. The molecule has 3 heteroatoms. The fraction of sp³-hybridized carbons (Fsp3) is 0.643. The largest absolute Gasteiger partial charge is 0.356 e. The van der Waals surface area contributed by atoms with Crippen molar-refractivity contribution in [3.05, 3.63) is 23.4 Å². The first-order valence-corrected chi connectivity index (χ1v) is 7.08. The van der Waals surface area contributed by atoms with Gasteiger partial charge in [-0.2, -0.15) is 0 Å². The predicted octanol–water partition coefficient (Wildman–Crippen LogP) is 3.75. The number of rotatable bonds is 1. The molecule has 0 amide bonds. The van der Waals surface area contributed by atoms with E-state index in [-0.39, 0.29) is 0 Å². The minimum Gasteiger partial charge on any atom is -0.356 e. The van der Waals surface area contributed by atoms with Crippen molar-refractivity contribution in [3.8, 4) is 0 Å². The van der Waals surface area contributed by atoms with Crippen molar-refractivity contribution in [2.45, 2.75) is 32.1 Å². The maximum atomic E-state index is 5.96. The summed E-state index contributed by atoms with van der Waals surface area (Å²) in [6.07, 6.45) is 7.04. The number of hydrogen-bond acceptors (Lipinski definition) is 2. The van der Waals surface area contributed by atoms with Gasteiger partial charge in [0.05, 0.1) is 0 Å². The van der Waals surface area contributed by atoms with Crippen LogP contribution in [0.1, 0.15) is 32.1 Å². The van der Waals surface area contributed by atoms with Gasteiger partial charge in [0.1, 0.15) is 11.0 Å². The summed E-state index contributed by atoms with van der Waals surface area (Å²) in [6, 6.07) is 5.92. The number of anilines is 1. The molecule has 1 aliphatic carbocycles. The molecule has 1 saturated carbocycles. The van der Waals surface area contributed by atoms with Crippen molar-refractivity contribution in [3.63, 3.8) is 0 Å². The standard InChI is InChI=1S/C14H19ClN2/c15-13-6-3-7-14(16-13)17-9-8-11-4-1-2-5-12(11)10-17/h3,6-7,11-12H,1-2,4-5,8-10H2. The second kappa shape index (κ2) is 4.85. The van der Waals surface area contributed by atoms with Gasteiger partial charge in [0, 0.05) is 13.1 Å². The average Bonchev–Trinajstić information content (AvgIpc) is 2.38. The Bertz CT molecular complexity index is 394. The number of fused-ring (bicyclic) bond motifs is 1. The molecular weight excluding hydrogens is 232 g/mol. The lowest BCUT2D eigenvalue weighted by atomic mass is 9.75.